The van der Waals surface area contributed by atoms with E-state index >= 15 is 0 Å². The molecule has 9 rings (SSSR count). The number of para-hydroxylation sites is 2. The van der Waals surface area contributed by atoms with Gasteiger partial charge in [0.15, 0.2) is 6.71 Å². The van der Waals surface area contributed by atoms with Crippen LogP contribution in [0.5, 0.6) is 0 Å². The Labute approximate surface area is 234 Å². The quantitative estimate of drug-likeness (QED) is 0.206. The van der Waals surface area contributed by atoms with E-state index in [9.17, 15) is 0 Å². The highest BCUT2D eigenvalue weighted by atomic mass is 15.0. The van der Waals surface area contributed by atoms with Gasteiger partial charge in [-0.1, -0.05) is 103 Å². The molecule has 186 valence electrons. The van der Waals surface area contributed by atoms with E-state index in [1.54, 1.807) is 5.46 Å². The lowest BCUT2D eigenvalue weighted by Crippen LogP contribution is -2.43. The molecule has 0 amide bonds. The van der Waals surface area contributed by atoms with E-state index in [2.05, 4.69) is 138 Å². The normalized spacial score (nSPS) is 13.2. The maximum absolute atomic E-state index is 2.44. The van der Waals surface area contributed by atoms with Crippen molar-refractivity contribution in [1.29, 1.82) is 0 Å². The molecule has 0 saturated heterocycles. The van der Waals surface area contributed by atoms with Gasteiger partial charge in [-0.15, -0.1) is 0 Å². The third kappa shape index (κ3) is 3.11. The van der Waals surface area contributed by atoms with Gasteiger partial charge in [-0.2, -0.15) is 0 Å². The van der Waals surface area contributed by atoms with Gasteiger partial charge < -0.3 is 4.57 Å². The molecule has 2 heteroatoms. The van der Waals surface area contributed by atoms with Gasteiger partial charge >= 0.3 is 0 Å². The SMILES string of the molecule is c1ccc(-n2c3ccccc3c3cc(-c4ccc5c(c4)-c4cccc6c4B(Cc4ccccc4-6)C5)ccc32)cc1. The monoisotopic (exact) mass is 507 g/mol. The molecule has 40 heavy (non-hydrogen) atoms. The lowest BCUT2D eigenvalue weighted by atomic mass is 9.33. The van der Waals surface area contributed by atoms with Crippen LogP contribution in [0.15, 0.2) is 133 Å². The number of hydrogen-bond acceptors (Lipinski definition) is 0. The van der Waals surface area contributed by atoms with Gasteiger partial charge in [-0.05, 0) is 93.5 Å². The minimum absolute atomic E-state index is 0.555. The molecule has 6 aromatic carbocycles. The molecule has 0 fully saturated rings. The molecule has 0 bridgehead atoms. The summed E-state index contributed by atoms with van der Waals surface area (Å²) < 4.78 is 2.38. The molecular weight excluding hydrogens is 481 g/mol. The number of fused-ring (bicyclic) bond motifs is 7. The number of nitrogens with zero attached hydrogens (tertiary/aromatic N) is 1. The van der Waals surface area contributed by atoms with E-state index in [1.807, 2.05) is 0 Å². The molecule has 3 heterocycles. The predicted octanol–water partition coefficient (Wildman–Crippen LogP) is 8.68. The standard InChI is InChI=1S/C38H26BN/c1-2-10-29(11-3-1)40-36-16-7-6-13-31(36)35-22-26(19-20-37(35)40)25-17-18-28-24-39-23-27-9-4-5-12-30(27)32-14-8-15-33(38(32)39)34(28)21-25/h1-22H,23-24H2. The first kappa shape index (κ1) is 22.0. The minimum atomic E-state index is 0.555. The Morgan fingerprint density at radius 3 is 2.00 bits per heavy atom. The van der Waals surface area contributed by atoms with Crippen molar-refractivity contribution in [3.05, 3.63) is 145 Å². The third-order valence-corrected chi connectivity index (χ3v) is 9.17. The summed E-state index contributed by atoms with van der Waals surface area (Å²) >= 11 is 0. The molecular formula is C38H26BN. The first-order chi connectivity index (χ1) is 19.8. The van der Waals surface area contributed by atoms with E-state index in [0.717, 1.165) is 12.6 Å². The second-order valence-corrected chi connectivity index (χ2v) is 11.3. The van der Waals surface area contributed by atoms with E-state index < -0.39 is 0 Å². The van der Waals surface area contributed by atoms with Crippen LogP contribution in [0.25, 0.3) is 60.9 Å². The molecule has 1 nitrogen and oxygen atoms in total. The molecule has 0 aliphatic carbocycles. The van der Waals surface area contributed by atoms with Crippen LogP contribution in [0.2, 0.25) is 0 Å². The summed E-state index contributed by atoms with van der Waals surface area (Å²) in [6, 6.07) is 49.5. The van der Waals surface area contributed by atoms with Crippen LogP contribution in [0.4, 0.5) is 0 Å². The van der Waals surface area contributed by atoms with Gasteiger partial charge in [-0.3, -0.25) is 0 Å². The smallest absolute Gasteiger partial charge is 0.186 e. The van der Waals surface area contributed by atoms with Crippen LogP contribution in [0.1, 0.15) is 11.1 Å². The van der Waals surface area contributed by atoms with Crippen LogP contribution in [-0.2, 0) is 12.6 Å². The van der Waals surface area contributed by atoms with E-state index in [0.29, 0.717) is 6.71 Å². The largest absolute Gasteiger partial charge is 0.309 e. The first-order valence-electron chi connectivity index (χ1n) is 14.3. The topological polar surface area (TPSA) is 4.93 Å². The van der Waals surface area contributed by atoms with Gasteiger partial charge in [0, 0.05) is 16.5 Å². The fourth-order valence-corrected chi connectivity index (χ4v) is 7.44. The lowest BCUT2D eigenvalue weighted by molar-refractivity contribution is 1.18. The molecule has 0 unspecified atom stereocenters. The Kier molecular flexibility index (Phi) is 4.60. The molecule has 0 radical (unpaired) electrons. The summed E-state index contributed by atoms with van der Waals surface area (Å²) in [6.07, 6.45) is 2.24. The molecule has 2 aliphatic rings. The van der Waals surface area contributed by atoms with Crippen LogP contribution in [0, 0.1) is 0 Å². The van der Waals surface area contributed by atoms with Crippen molar-refractivity contribution in [3.63, 3.8) is 0 Å². The minimum Gasteiger partial charge on any atom is -0.309 e. The summed E-state index contributed by atoms with van der Waals surface area (Å²) in [5.74, 6) is 0. The van der Waals surface area contributed by atoms with Crippen LogP contribution in [0.3, 0.4) is 0 Å². The summed E-state index contributed by atoms with van der Waals surface area (Å²) in [5.41, 5.74) is 16.4. The fraction of sp³-hybridized carbons (Fsp3) is 0.0526. The van der Waals surface area contributed by atoms with Crippen LogP contribution < -0.4 is 5.46 Å². The van der Waals surface area contributed by atoms with Crippen molar-refractivity contribution in [2.75, 3.05) is 0 Å². The Hall–Kier alpha value is -4.82. The van der Waals surface area contributed by atoms with Gasteiger partial charge in [0.2, 0.25) is 0 Å². The average Bonchev–Trinajstić information content (AvgIpc) is 3.35. The van der Waals surface area contributed by atoms with Crippen molar-refractivity contribution >= 4 is 34.0 Å². The zero-order valence-electron chi connectivity index (χ0n) is 22.1. The van der Waals surface area contributed by atoms with E-state index in [1.165, 1.54) is 72.0 Å². The van der Waals surface area contributed by atoms with Gasteiger partial charge in [-0.25, -0.2) is 0 Å². The number of hydrogen-bond donors (Lipinski definition) is 0. The fourth-order valence-electron chi connectivity index (χ4n) is 7.44. The average molecular weight is 507 g/mol. The van der Waals surface area contributed by atoms with Crippen molar-refractivity contribution in [3.8, 4) is 39.1 Å². The molecule has 0 N–H and O–H groups in total. The maximum Gasteiger partial charge on any atom is 0.186 e. The Bertz CT molecular complexity index is 2120. The van der Waals surface area contributed by atoms with Gasteiger partial charge in [0.1, 0.15) is 0 Å². The molecule has 0 spiro atoms. The summed E-state index contributed by atoms with van der Waals surface area (Å²) in [6.45, 7) is 0.555. The molecule has 7 aromatic rings. The van der Waals surface area contributed by atoms with Gasteiger partial charge in [0.05, 0.1) is 11.0 Å². The number of benzene rings is 6. The highest BCUT2D eigenvalue weighted by molar-refractivity contribution is 6.76. The highest BCUT2D eigenvalue weighted by Crippen LogP contribution is 2.40. The maximum atomic E-state index is 2.44. The molecule has 0 atom stereocenters. The second kappa shape index (κ2) is 8.34. The Morgan fingerprint density at radius 2 is 1.10 bits per heavy atom. The summed E-state index contributed by atoms with van der Waals surface area (Å²) in [5, 5.41) is 2.59. The lowest BCUT2D eigenvalue weighted by Gasteiger charge is -2.33. The zero-order valence-corrected chi connectivity index (χ0v) is 22.1. The summed E-state index contributed by atoms with van der Waals surface area (Å²) in [4.78, 5) is 0. The van der Waals surface area contributed by atoms with Crippen molar-refractivity contribution in [2.24, 2.45) is 0 Å². The number of aromatic nitrogens is 1. The Morgan fingerprint density at radius 1 is 0.450 bits per heavy atom. The van der Waals surface area contributed by atoms with Crippen molar-refractivity contribution < 1.29 is 0 Å². The van der Waals surface area contributed by atoms with Gasteiger partial charge in [0.25, 0.3) is 0 Å². The van der Waals surface area contributed by atoms with Crippen molar-refractivity contribution in [2.45, 2.75) is 12.6 Å². The second-order valence-electron chi connectivity index (χ2n) is 11.3. The van der Waals surface area contributed by atoms with E-state index in [-0.39, 0.29) is 0 Å². The molecule has 0 saturated carbocycles. The summed E-state index contributed by atoms with van der Waals surface area (Å²) in [7, 11) is 0. The van der Waals surface area contributed by atoms with Crippen molar-refractivity contribution in [1.82, 2.24) is 4.57 Å². The predicted molar refractivity (Wildman–Crippen MR) is 170 cm³/mol. The number of rotatable bonds is 2. The third-order valence-electron chi connectivity index (χ3n) is 9.17. The zero-order chi connectivity index (χ0) is 26.2. The van der Waals surface area contributed by atoms with Crippen LogP contribution >= 0.6 is 0 Å². The first-order valence-corrected chi connectivity index (χ1v) is 14.3. The molecule has 2 aliphatic heterocycles. The van der Waals surface area contributed by atoms with E-state index in [4.69, 9.17) is 0 Å². The molecule has 1 aromatic heterocycles. The Balaban J connectivity index is 1.22. The highest BCUT2D eigenvalue weighted by Gasteiger charge is 2.34. The van der Waals surface area contributed by atoms with Crippen LogP contribution in [-0.4, -0.2) is 11.3 Å².